The van der Waals surface area contributed by atoms with Crippen molar-refractivity contribution in [1.82, 2.24) is 10.2 Å². The van der Waals surface area contributed by atoms with Crippen LogP contribution in [0.25, 0.3) is 0 Å². The first-order chi connectivity index (χ1) is 10.9. The van der Waals surface area contributed by atoms with Crippen LogP contribution in [0.1, 0.15) is 43.1 Å². The highest BCUT2D eigenvalue weighted by Crippen LogP contribution is 2.21. The number of likely N-dealkylation sites (tertiary alicyclic amines) is 1. The number of ether oxygens (including phenoxy) is 1. The molecule has 0 radical (unpaired) electrons. The fourth-order valence-electron chi connectivity index (χ4n) is 3.64. The van der Waals surface area contributed by atoms with Crippen molar-refractivity contribution < 1.29 is 9.53 Å². The standard InChI is InChI=1S/C19H30N2O2/c1-13-8-14(2)11-21(10-13)12-16(4)20-19(22)17-7-6-15(3)18(9-17)23-5/h6-7,9,13-14,16H,8,10-12H2,1-5H3,(H,20,22). The molecule has 23 heavy (non-hydrogen) atoms. The highest BCUT2D eigenvalue weighted by Gasteiger charge is 2.23. The van der Waals surface area contributed by atoms with Gasteiger partial charge in [0.2, 0.25) is 0 Å². The number of carbonyl (C=O) groups excluding carboxylic acids is 1. The number of carbonyl (C=O) groups is 1. The number of piperidine rings is 1. The predicted octanol–water partition coefficient (Wildman–Crippen LogP) is 3.10. The molecular weight excluding hydrogens is 288 g/mol. The molecule has 1 fully saturated rings. The Labute approximate surface area is 140 Å². The van der Waals surface area contributed by atoms with Gasteiger partial charge in [-0.2, -0.15) is 0 Å². The van der Waals surface area contributed by atoms with Gasteiger partial charge in [-0.25, -0.2) is 0 Å². The molecule has 0 aliphatic carbocycles. The lowest BCUT2D eigenvalue weighted by atomic mass is 9.92. The third-order valence-electron chi connectivity index (χ3n) is 4.52. The van der Waals surface area contributed by atoms with E-state index in [0.29, 0.717) is 5.56 Å². The molecule has 1 aromatic carbocycles. The molecule has 0 spiro atoms. The van der Waals surface area contributed by atoms with Gasteiger partial charge in [-0.3, -0.25) is 4.79 Å². The lowest BCUT2D eigenvalue weighted by Gasteiger charge is -2.36. The molecule has 0 bridgehead atoms. The van der Waals surface area contributed by atoms with Gasteiger partial charge in [-0.15, -0.1) is 0 Å². The number of rotatable bonds is 5. The molecule has 1 aromatic rings. The second-order valence-corrected chi connectivity index (χ2v) is 7.22. The summed E-state index contributed by atoms with van der Waals surface area (Å²) >= 11 is 0. The zero-order chi connectivity index (χ0) is 17.0. The van der Waals surface area contributed by atoms with Gasteiger partial charge in [0.1, 0.15) is 5.75 Å². The minimum Gasteiger partial charge on any atom is -0.496 e. The van der Waals surface area contributed by atoms with Crippen LogP contribution in [0.4, 0.5) is 0 Å². The quantitative estimate of drug-likeness (QED) is 0.907. The molecule has 128 valence electrons. The van der Waals surface area contributed by atoms with Crippen molar-refractivity contribution in [2.45, 2.75) is 40.2 Å². The maximum atomic E-state index is 12.4. The predicted molar refractivity (Wildman–Crippen MR) is 94.0 cm³/mol. The summed E-state index contributed by atoms with van der Waals surface area (Å²) in [5.41, 5.74) is 1.69. The van der Waals surface area contributed by atoms with Crippen LogP contribution in [-0.2, 0) is 0 Å². The highest BCUT2D eigenvalue weighted by molar-refractivity contribution is 5.94. The summed E-state index contributed by atoms with van der Waals surface area (Å²) in [7, 11) is 1.63. The Kier molecular flexibility index (Phi) is 6.05. The van der Waals surface area contributed by atoms with E-state index >= 15 is 0 Å². The Hall–Kier alpha value is -1.55. The minimum atomic E-state index is -0.0334. The number of hydrogen-bond donors (Lipinski definition) is 1. The zero-order valence-electron chi connectivity index (χ0n) is 15.1. The van der Waals surface area contributed by atoms with E-state index in [0.717, 1.165) is 42.8 Å². The fourth-order valence-corrected chi connectivity index (χ4v) is 3.64. The highest BCUT2D eigenvalue weighted by atomic mass is 16.5. The molecule has 1 saturated heterocycles. The number of amides is 1. The van der Waals surface area contributed by atoms with E-state index in [4.69, 9.17) is 4.74 Å². The minimum absolute atomic E-state index is 0.0334. The van der Waals surface area contributed by atoms with Gasteiger partial charge >= 0.3 is 0 Å². The van der Waals surface area contributed by atoms with E-state index < -0.39 is 0 Å². The molecule has 3 atom stereocenters. The van der Waals surface area contributed by atoms with Gasteiger partial charge in [0.25, 0.3) is 5.91 Å². The van der Waals surface area contributed by atoms with Gasteiger partial charge in [0.15, 0.2) is 0 Å². The van der Waals surface area contributed by atoms with Crippen molar-refractivity contribution in [3.63, 3.8) is 0 Å². The third-order valence-corrected chi connectivity index (χ3v) is 4.52. The zero-order valence-corrected chi connectivity index (χ0v) is 15.1. The average molecular weight is 318 g/mol. The van der Waals surface area contributed by atoms with E-state index in [2.05, 4.69) is 31.0 Å². The molecule has 1 heterocycles. The van der Waals surface area contributed by atoms with E-state index in [1.807, 2.05) is 25.1 Å². The number of hydrogen-bond acceptors (Lipinski definition) is 3. The number of aryl methyl sites for hydroxylation is 1. The Morgan fingerprint density at radius 1 is 1.35 bits per heavy atom. The van der Waals surface area contributed by atoms with Gasteiger partial charge in [0.05, 0.1) is 7.11 Å². The summed E-state index contributed by atoms with van der Waals surface area (Å²) in [5, 5.41) is 3.11. The van der Waals surface area contributed by atoms with Crippen LogP contribution in [0.2, 0.25) is 0 Å². The third kappa shape index (κ3) is 4.96. The van der Waals surface area contributed by atoms with E-state index in [9.17, 15) is 4.79 Å². The topological polar surface area (TPSA) is 41.6 Å². The van der Waals surface area contributed by atoms with Crippen molar-refractivity contribution in [2.75, 3.05) is 26.7 Å². The summed E-state index contributed by atoms with van der Waals surface area (Å²) in [6.07, 6.45) is 1.31. The Morgan fingerprint density at radius 3 is 2.61 bits per heavy atom. The summed E-state index contributed by atoms with van der Waals surface area (Å²) in [6.45, 7) is 11.8. The summed E-state index contributed by atoms with van der Waals surface area (Å²) in [5.74, 6) is 2.20. The number of nitrogens with zero attached hydrogens (tertiary/aromatic N) is 1. The molecule has 2 rings (SSSR count). The van der Waals surface area contributed by atoms with Crippen LogP contribution in [0, 0.1) is 18.8 Å². The van der Waals surface area contributed by atoms with E-state index in [-0.39, 0.29) is 11.9 Å². The van der Waals surface area contributed by atoms with Crippen molar-refractivity contribution >= 4 is 5.91 Å². The fraction of sp³-hybridized carbons (Fsp3) is 0.632. The van der Waals surface area contributed by atoms with Crippen LogP contribution in [0.15, 0.2) is 18.2 Å². The monoisotopic (exact) mass is 318 g/mol. The van der Waals surface area contributed by atoms with Crippen LogP contribution in [0.5, 0.6) is 5.75 Å². The average Bonchev–Trinajstić information content (AvgIpc) is 2.46. The van der Waals surface area contributed by atoms with Gasteiger partial charge in [-0.05, 0) is 49.8 Å². The first kappa shape index (κ1) is 17.8. The van der Waals surface area contributed by atoms with Crippen LogP contribution in [0.3, 0.4) is 0 Å². The van der Waals surface area contributed by atoms with Crippen molar-refractivity contribution in [2.24, 2.45) is 11.8 Å². The van der Waals surface area contributed by atoms with E-state index in [1.54, 1.807) is 7.11 Å². The largest absolute Gasteiger partial charge is 0.496 e. The van der Waals surface area contributed by atoms with Crippen LogP contribution >= 0.6 is 0 Å². The van der Waals surface area contributed by atoms with Gasteiger partial charge < -0.3 is 15.0 Å². The number of benzene rings is 1. The van der Waals surface area contributed by atoms with Crippen molar-refractivity contribution in [1.29, 1.82) is 0 Å². The number of methoxy groups -OCH3 is 1. The second kappa shape index (κ2) is 7.82. The molecule has 4 heteroatoms. The molecule has 1 N–H and O–H groups in total. The SMILES string of the molecule is COc1cc(C(=O)NC(C)CN2CC(C)CC(C)C2)ccc1C. The van der Waals surface area contributed by atoms with Gasteiger partial charge in [0, 0.05) is 31.2 Å². The smallest absolute Gasteiger partial charge is 0.251 e. The van der Waals surface area contributed by atoms with E-state index in [1.165, 1.54) is 6.42 Å². The molecule has 1 aliphatic heterocycles. The Bertz CT molecular complexity index is 534. The molecule has 1 aliphatic rings. The lowest BCUT2D eigenvalue weighted by molar-refractivity contribution is 0.0904. The summed E-state index contributed by atoms with van der Waals surface area (Å²) in [6, 6.07) is 5.71. The first-order valence-corrected chi connectivity index (χ1v) is 8.57. The lowest BCUT2D eigenvalue weighted by Crippen LogP contribution is -2.47. The van der Waals surface area contributed by atoms with Crippen molar-refractivity contribution in [3.05, 3.63) is 29.3 Å². The first-order valence-electron chi connectivity index (χ1n) is 8.57. The molecular formula is C19H30N2O2. The molecule has 0 aromatic heterocycles. The molecule has 4 nitrogen and oxygen atoms in total. The maximum absolute atomic E-state index is 12.4. The van der Waals surface area contributed by atoms with Crippen LogP contribution in [-0.4, -0.2) is 43.6 Å². The van der Waals surface area contributed by atoms with Crippen molar-refractivity contribution in [3.8, 4) is 5.75 Å². The molecule has 0 saturated carbocycles. The maximum Gasteiger partial charge on any atom is 0.251 e. The number of nitrogens with one attached hydrogen (secondary N) is 1. The summed E-state index contributed by atoms with van der Waals surface area (Å²) < 4.78 is 5.30. The summed E-state index contributed by atoms with van der Waals surface area (Å²) in [4.78, 5) is 14.9. The molecule has 3 unspecified atom stereocenters. The Morgan fingerprint density at radius 2 is 2.00 bits per heavy atom. The Balaban J connectivity index is 1.92. The molecule has 1 amide bonds. The second-order valence-electron chi connectivity index (χ2n) is 7.22. The van der Waals surface area contributed by atoms with Crippen LogP contribution < -0.4 is 10.1 Å². The normalized spacial score (nSPS) is 23.3. The van der Waals surface area contributed by atoms with Gasteiger partial charge in [-0.1, -0.05) is 19.9 Å².